The van der Waals surface area contributed by atoms with E-state index in [4.69, 9.17) is 9.15 Å². The molecule has 0 spiro atoms. The Morgan fingerprint density at radius 2 is 2.00 bits per heavy atom. The van der Waals surface area contributed by atoms with Crippen LogP contribution < -0.4 is 15.5 Å². The maximum atomic E-state index is 14.3. The minimum atomic E-state index is -0.841. The first-order chi connectivity index (χ1) is 23.9. The van der Waals surface area contributed by atoms with Gasteiger partial charge in [-0.1, -0.05) is 55.8 Å². The third-order valence-electron chi connectivity index (χ3n) is 9.48. The number of hydrogen-bond donors (Lipinski definition) is 3. The summed E-state index contributed by atoms with van der Waals surface area (Å²) in [6, 6.07) is 11.2. The molecule has 0 radical (unpaired) electrons. The number of aromatic nitrogens is 4. The van der Waals surface area contributed by atoms with Crippen molar-refractivity contribution in [2.45, 2.75) is 70.6 Å². The second kappa shape index (κ2) is 15.7. The highest BCUT2D eigenvalue weighted by Crippen LogP contribution is 2.39. The first kappa shape index (κ1) is 34.2. The van der Waals surface area contributed by atoms with Gasteiger partial charge < -0.3 is 19.8 Å². The molecule has 0 fully saturated rings. The number of halogens is 1. The van der Waals surface area contributed by atoms with Crippen LogP contribution in [0.15, 0.2) is 53.1 Å². The van der Waals surface area contributed by atoms with E-state index in [2.05, 4.69) is 31.0 Å². The molecule has 2 aliphatic rings. The van der Waals surface area contributed by atoms with Gasteiger partial charge in [0.1, 0.15) is 24.3 Å². The summed E-state index contributed by atoms with van der Waals surface area (Å²) in [5.41, 5.74) is 4.75. The van der Waals surface area contributed by atoms with E-state index in [1.54, 1.807) is 4.90 Å². The fourth-order valence-electron chi connectivity index (χ4n) is 6.84. The number of aromatic amines is 1. The number of alkyl halides is 1. The third kappa shape index (κ3) is 7.65. The molecule has 2 aromatic heterocycles. The van der Waals surface area contributed by atoms with Crippen LogP contribution in [-0.2, 0) is 44.9 Å². The Bertz CT molecular complexity index is 1710. The van der Waals surface area contributed by atoms with Crippen molar-refractivity contribution in [3.05, 3.63) is 71.4 Å². The maximum Gasteiger partial charge on any atom is 0.250 e. The largest absolute Gasteiger partial charge is 0.441 e. The normalized spacial score (nSPS) is 18.4. The van der Waals surface area contributed by atoms with Crippen LogP contribution in [0.4, 0.5) is 10.1 Å². The fraction of sp³-hybridized carbons (Fsp3) is 0.486. The second-order valence-corrected chi connectivity index (χ2v) is 12.6. The van der Waals surface area contributed by atoms with E-state index in [0.717, 1.165) is 22.3 Å². The molecule has 2 aliphatic heterocycles. The molecule has 4 heterocycles. The Morgan fingerprint density at radius 1 is 1.16 bits per heavy atom. The van der Waals surface area contributed by atoms with Crippen molar-refractivity contribution in [1.29, 1.82) is 0 Å². The third-order valence-corrected chi connectivity index (χ3v) is 9.48. The van der Waals surface area contributed by atoms with Gasteiger partial charge >= 0.3 is 0 Å². The highest BCUT2D eigenvalue weighted by molar-refractivity contribution is 6.08. The number of H-pyrrole nitrogens is 1. The highest BCUT2D eigenvalue weighted by Gasteiger charge is 2.44. The molecule has 4 atom stereocenters. The molecular formula is C35H43FN8O5. The molecule has 2 unspecified atom stereocenters. The predicted molar refractivity (Wildman–Crippen MR) is 179 cm³/mol. The Labute approximate surface area is 283 Å². The quantitative estimate of drug-likeness (QED) is 0.152. The van der Waals surface area contributed by atoms with E-state index in [0.29, 0.717) is 62.4 Å². The molecule has 4 aromatic rings. The molecule has 0 bridgehead atoms. The van der Waals surface area contributed by atoms with Crippen molar-refractivity contribution in [3.63, 3.8) is 0 Å². The lowest BCUT2D eigenvalue weighted by molar-refractivity contribution is -0.133. The molecule has 2 aromatic carbocycles. The number of ether oxygens (including phenoxy) is 1. The second-order valence-electron chi connectivity index (χ2n) is 12.6. The van der Waals surface area contributed by atoms with Crippen molar-refractivity contribution in [3.8, 4) is 0 Å². The van der Waals surface area contributed by atoms with Gasteiger partial charge in [-0.2, -0.15) is 0 Å². The first-order valence-corrected chi connectivity index (χ1v) is 17.0. The van der Waals surface area contributed by atoms with Gasteiger partial charge in [0.25, 0.3) is 0 Å². The number of oxazole rings is 1. The summed E-state index contributed by atoms with van der Waals surface area (Å²) in [5.74, 6) is -0.430. The molecule has 0 saturated carbocycles. The van der Waals surface area contributed by atoms with Crippen LogP contribution in [0.1, 0.15) is 49.4 Å². The molecule has 6 rings (SSSR count). The molecule has 14 heteroatoms. The number of aryl methyl sites for hydroxylation is 1. The van der Waals surface area contributed by atoms with Gasteiger partial charge in [-0.3, -0.25) is 29.3 Å². The minimum Gasteiger partial charge on any atom is -0.441 e. The Kier molecular flexibility index (Phi) is 10.9. The number of para-hydroxylation sites is 3. The van der Waals surface area contributed by atoms with E-state index in [-0.39, 0.29) is 43.4 Å². The summed E-state index contributed by atoms with van der Waals surface area (Å²) in [6.45, 7) is 4.63. The van der Waals surface area contributed by atoms with Crippen molar-refractivity contribution in [2.24, 2.45) is 5.92 Å². The van der Waals surface area contributed by atoms with E-state index >= 15 is 0 Å². The predicted octanol–water partition coefficient (Wildman–Crippen LogP) is 2.90. The van der Waals surface area contributed by atoms with Crippen LogP contribution in [0.3, 0.4) is 0 Å². The number of benzene rings is 2. The number of carbonyl (C=O) groups is 3. The average molecular weight is 675 g/mol. The Hall–Kier alpha value is -4.69. The summed E-state index contributed by atoms with van der Waals surface area (Å²) in [5, 5.41) is 16.2. The molecule has 0 saturated heterocycles. The van der Waals surface area contributed by atoms with Crippen molar-refractivity contribution in [1.82, 2.24) is 35.9 Å². The lowest BCUT2D eigenvalue weighted by Crippen LogP contribution is -2.58. The number of amides is 3. The minimum absolute atomic E-state index is 0.0261. The van der Waals surface area contributed by atoms with Crippen LogP contribution in [0.5, 0.6) is 0 Å². The summed E-state index contributed by atoms with van der Waals surface area (Å²) in [4.78, 5) is 50.4. The van der Waals surface area contributed by atoms with Gasteiger partial charge in [-0.25, -0.2) is 9.37 Å². The highest BCUT2D eigenvalue weighted by atomic mass is 19.1. The van der Waals surface area contributed by atoms with Crippen molar-refractivity contribution < 1.29 is 27.9 Å². The van der Waals surface area contributed by atoms with E-state index < -0.39 is 24.8 Å². The van der Waals surface area contributed by atoms with Gasteiger partial charge in [0.15, 0.2) is 11.5 Å². The smallest absolute Gasteiger partial charge is 0.250 e. The van der Waals surface area contributed by atoms with Crippen LogP contribution in [0.25, 0.3) is 11.1 Å². The monoisotopic (exact) mass is 674 g/mol. The van der Waals surface area contributed by atoms with Crippen molar-refractivity contribution in [2.75, 3.05) is 37.9 Å². The Morgan fingerprint density at radius 3 is 2.78 bits per heavy atom. The summed E-state index contributed by atoms with van der Waals surface area (Å²) in [6.07, 6.45) is 4.01. The van der Waals surface area contributed by atoms with E-state index in [1.165, 1.54) is 6.20 Å². The van der Waals surface area contributed by atoms with Gasteiger partial charge in [0, 0.05) is 25.9 Å². The van der Waals surface area contributed by atoms with E-state index in [1.807, 2.05) is 61.2 Å². The SMILES string of the molecule is CC[C@H](C)[C@@H](C(=O)NC1CCc2cccc3c2N(C1=O)C(C(=O)NCc1cnn[nH]1)C3)N(CCOCCF)CCc1nc2ccccc2o1. The molecule has 260 valence electrons. The van der Waals surface area contributed by atoms with Gasteiger partial charge in [-0.05, 0) is 42.0 Å². The van der Waals surface area contributed by atoms with Crippen LogP contribution in [0.2, 0.25) is 0 Å². The van der Waals surface area contributed by atoms with Crippen LogP contribution in [-0.4, -0.2) is 94.1 Å². The van der Waals surface area contributed by atoms with Crippen molar-refractivity contribution >= 4 is 34.5 Å². The number of nitrogens with zero attached hydrogens (tertiary/aromatic N) is 5. The molecule has 3 amide bonds. The van der Waals surface area contributed by atoms with Crippen LogP contribution in [0, 0.1) is 5.92 Å². The topological polar surface area (TPSA) is 159 Å². The standard InChI is InChI=1S/C35H43FN8O5/c1-3-22(2)31(43(16-18-48-17-14-36)15-13-30-39-26-9-4-5-10-29(26)49-30)34(46)40-27-12-11-23-7-6-8-24-19-28(44(32(23)24)35(27)47)33(45)37-20-25-21-38-42-41-25/h4-10,21-22,27-28,31H,3,11-20H2,1-2H3,(H,37,45)(H,40,46)(H,38,41,42)/t22-,27?,28?,31-/m0/s1. The number of rotatable bonds is 16. The first-order valence-electron chi connectivity index (χ1n) is 17.0. The number of anilines is 1. The average Bonchev–Trinajstić information content (AvgIpc) is 3.86. The van der Waals surface area contributed by atoms with Crippen LogP contribution >= 0.6 is 0 Å². The summed E-state index contributed by atoms with van der Waals surface area (Å²) in [7, 11) is 0. The summed E-state index contributed by atoms with van der Waals surface area (Å²) >= 11 is 0. The zero-order valence-corrected chi connectivity index (χ0v) is 27.9. The van der Waals surface area contributed by atoms with Gasteiger partial charge in [0.2, 0.25) is 17.7 Å². The number of nitrogens with one attached hydrogen (secondary N) is 3. The molecular weight excluding hydrogens is 631 g/mol. The summed E-state index contributed by atoms with van der Waals surface area (Å²) < 4.78 is 24.3. The molecule has 0 aliphatic carbocycles. The number of hydrogen-bond acceptors (Lipinski definition) is 9. The maximum absolute atomic E-state index is 14.3. The number of fused-ring (bicyclic) bond motifs is 1. The van der Waals surface area contributed by atoms with E-state index in [9.17, 15) is 18.8 Å². The zero-order valence-electron chi connectivity index (χ0n) is 27.9. The zero-order chi connectivity index (χ0) is 34.3. The lowest BCUT2D eigenvalue weighted by atomic mass is 9.95. The Balaban J connectivity index is 1.21. The molecule has 49 heavy (non-hydrogen) atoms. The number of carbonyl (C=O) groups excluding carboxylic acids is 3. The van der Waals surface area contributed by atoms with Gasteiger partial charge in [0.05, 0.1) is 43.4 Å². The lowest BCUT2D eigenvalue weighted by Gasteiger charge is -2.35. The fourth-order valence-corrected chi connectivity index (χ4v) is 6.84. The van der Waals surface area contributed by atoms with Gasteiger partial charge in [-0.15, -0.1) is 5.10 Å². The molecule has 3 N–H and O–H groups in total. The molecule has 13 nitrogen and oxygen atoms in total.